The van der Waals surface area contributed by atoms with Gasteiger partial charge in [0.1, 0.15) is 5.03 Å². The molecule has 6 nitrogen and oxygen atoms in total. The molecule has 1 aromatic heterocycles. The maximum Gasteiger partial charge on any atom is 0.348 e. The number of rotatable bonds is 6. The molecule has 0 N–H and O–H groups in total. The molecule has 0 saturated heterocycles. The molecule has 2 aromatic rings. The van der Waals surface area contributed by atoms with Gasteiger partial charge in [-0.2, -0.15) is 4.98 Å². The second kappa shape index (κ2) is 8.09. The Morgan fingerprint density at radius 1 is 1.21 bits per heavy atom. The maximum atomic E-state index is 12.8. The smallest absolute Gasteiger partial charge is 0.311 e. The normalized spacial score (nSPS) is 15.2. The summed E-state index contributed by atoms with van der Waals surface area (Å²) in [6.07, 6.45) is 3.81. The first-order valence-electron chi connectivity index (χ1n) is 9.83. The van der Waals surface area contributed by atoms with Gasteiger partial charge in [0, 0.05) is 36.6 Å². The van der Waals surface area contributed by atoms with Crippen LogP contribution in [0.1, 0.15) is 23.2 Å². The zero-order valence-electron chi connectivity index (χ0n) is 16.5. The van der Waals surface area contributed by atoms with Crippen LogP contribution in [0.15, 0.2) is 34.1 Å². The monoisotopic (exact) mass is 398 g/mol. The molecule has 1 amide bonds. The number of fused-ring (bicyclic) bond motifs is 2. The minimum absolute atomic E-state index is 0.0836. The lowest BCUT2D eigenvalue weighted by Gasteiger charge is -2.18. The number of hydrogen-bond acceptors (Lipinski definition) is 5. The molecule has 0 fully saturated rings. The maximum absolute atomic E-state index is 12.8. The van der Waals surface area contributed by atoms with E-state index in [1.807, 2.05) is 41.8 Å². The van der Waals surface area contributed by atoms with Crippen LogP contribution in [-0.2, 0) is 30.6 Å². The Morgan fingerprint density at radius 3 is 2.86 bits per heavy atom. The molecule has 0 radical (unpaired) electrons. The van der Waals surface area contributed by atoms with Crippen molar-refractivity contribution in [2.24, 2.45) is 0 Å². The molecule has 0 spiro atoms. The topological polar surface area (TPSA) is 58.4 Å². The van der Waals surface area contributed by atoms with E-state index in [0.29, 0.717) is 12.3 Å². The third kappa shape index (κ3) is 3.73. The first kappa shape index (κ1) is 19.2. The number of anilines is 1. The van der Waals surface area contributed by atoms with Crippen LogP contribution in [0, 0.1) is 0 Å². The number of para-hydroxylation sites is 1. The van der Waals surface area contributed by atoms with E-state index in [2.05, 4.69) is 16.0 Å². The van der Waals surface area contributed by atoms with Crippen LogP contribution in [-0.4, -0.2) is 53.3 Å². The third-order valence-electron chi connectivity index (χ3n) is 5.49. The zero-order chi connectivity index (χ0) is 19.7. The lowest BCUT2D eigenvalue weighted by molar-refractivity contribution is -0.116. The van der Waals surface area contributed by atoms with Crippen LogP contribution in [0.25, 0.3) is 0 Å². The summed E-state index contributed by atoms with van der Waals surface area (Å²) in [7, 11) is 4.01. The summed E-state index contributed by atoms with van der Waals surface area (Å²) >= 11 is 1.42. The van der Waals surface area contributed by atoms with Gasteiger partial charge in [0.2, 0.25) is 5.91 Å². The van der Waals surface area contributed by atoms with E-state index in [4.69, 9.17) is 0 Å². The fraction of sp³-hybridized carbons (Fsp3) is 0.476. The molecular formula is C21H26N4O2S. The van der Waals surface area contributed by atoms with Gasteiger partial charge in [0.05, 0.1) is 5.75 Å². The van der Waals surface area contributed by atoms with E-state index in [1.165, 1.54) is 17.3 Å². The molecule has 4 rings (SSSR count). The Bertz CT molecular complexity index is 954. The molecule has 148 valence electrons. The summed E-state index contributed by atoms with van der Waals surface area (Å²) in [6.45, 7) is 2.21. The largest absolute Gasteiger partial charge is 0.348 e. The van der Waals surface area contributed by atoms with E-state index < -0.39 is 0 Å². The van der Waals surface area contributed by atoms with Gasteiger partial charge < -0.3 is 9.80 Å². The van der Waals surface area contributed by atoms with Gasteiger partial charge in [-0.3, -0.25) is 9.36 Å². The number of likely N-dealkylation sites (N-methyl/N-ethyl adjacent to an activating group) is 1. The Morgan fingerprint density at radius 2 is 2.04 bits per heavy atom. The molecule has 2 heterocycles. The van der Waals surface area contributed by atoms with Crippen molar-refractivity contribution in [2.75, 3.05) is 37.8 Å². The molecule has 0 atom stereocenters. The van der Waals surface area contributed by atoms with E-state index in [1.54, 1.807) is 0 Å². The zero-order valence-corrected chi connectivity index (χ0v) is 17.3. The standard InChI is InChI=1S/C21H26N4O2S/c1-23(2)12-13-25-18-9-5-7-16(18)20(22-21(25)27)28-14-19(26)24-11-10-15-6-3-4-8-17(15)24/h3-4,6,8H,5,7,9-14H2,1-2H3. The van der Waals surface area contributed by atoms with Crippen LogP contribution in [0.5, 0.6) is 0 Å². The van der Waals surface area contributed by atoms with Crippen molar-refractivity contribution in [3.8, 4) is 0 Å². The van der Waals surface area contributed by atoms with Crippen LogP contribution in [0.3, 0.4) is 0 Å². The van der Waals surface area contributed by atoms with Gasteiger partial charge in [-0.1, -0.05) is 30.0 Å². The lowest BCUT2D eigenvalue weighted by atomic mass is 10.2. The number of carbonyl (C=O) groups excluding carboxylic acids is 1. The average Bonchev–Trinajstić information content (AvgIpc) is 3.32. The lowest BCUT2D eigenvalue weighted by Crippen LogP contribution is -2.32. The molecule has 1 aromatic carbocycles. The van der Waals surface area contributed by atoms with Crippen LogP contribution in [0.2, 0.25) is 0 Å². The van der Waals surface area contributed by atoms with Gasteiger partial charge in [-0.15, -0.1) is 0 Å². The fourth-order valence-corrected chi connectivity index (χ4v) is 4.99. The van der Waals surface area contributed by atoms with Crippen LogP contribution >= 0.6 is 11.8 Å². The summed E-state index contributed by atoms with van der Waals surface area (Å²) in [4.78, 5) is 33.7. The molecule has 0 saturated carbocycles. The van der Waals surface area contributed by atoms with Gasteiger partial charge >= 0.3 is 5.69 Å². The van der Waals surface area contributed by atoms with E-state index in [0.717, 1.165) is 60.7 Å². The van der Waals surface area contributed by atoms with Crippen molar-refractivity contribution in [2.45, 2.75) is 37.3 Å². The van der Waals surface area contributed by atoms with E-state index >= 15 is 0 Å². The Hall–Kier alpha value is -2.12. The molecule has 1 aliphatic heterocycles. The predicted octanol–water partition coefficient (Wildman–Crippen LogP) is 1.97. The van der Waals surface area contributed by atoms with E-state index in [-0.39, 0.29) is 11.6 Å². The highest BCUT2D eigenvalue weighted by atomic mass is 32.2. The first-order valence-corrected chi connectivity index (χ1v) is 10.8. The number of thioether (sulfide) groups is 1. The summed E-state index contributed by atoms with van der Waals surface area (Å²) < 4.78 is 1.82. The van der Waals surface area contributed by atoms with Crippen molar-refractivity contribution in [1.82, 2.24) is 14.5 Å². The average molecular weight is 399 g/mol. The van der Waals surface area contributed by atoms with Crippen molar-refractivity contribution >= 4 is 23.4 Å². The fourth-order valence-electron chi connectivity index (χ4n) is 4.04. The van der Waals surface area contributed by atoms with Crippen molar-refractivity contribution in [3.63, 3.8) is 0 Å². The highest BCUT2D eigenvalue weighted by Gasteiger charge is 2.26. The van der Waals surface area contributed by atoms with Gasteiger partial charge in [0.15, 0.2) is 0 Å². The Balaban J connectivity index is 1.50. The molecule has 0 bridgehead atoms. The minimum atomic E-state index is -0.191. The van der Waals surface area contributed by atoms with Gasteiger partial charge in [0.25, 0.3) is 0 Å². The number of nitrogens with zero attached hydrogens (tertiary/aromatic N) is 4. The Kier molecular flexibility index (Phi) is 5.55. The van der Waals surface area contributed by atoms with Crippen molar-refractivity contribution in [3.05, 3.63) is 51.6 Å². The predicted molar refractivity (Wildman–Crippen MR) is 112 cm³/mol. The first-order chi connectivity index (χ1) is 13.5. The summed E-state index contributed by atoms with van der Waals surface area (Å²) in [6, 6.07) is 8.07. The molecular weight excluding hydrogens is 372 g/mol. The highest BCUT2D eigenvalue weighted by Crippen LogP contribution is 2.31. The summed E-state index contributed by atoms with van der Waals surface area (Å²) in [5, 5.41) is 0.749. The highest BCUT2D eigenvalue weighted by molar-refractivity contribution is 8.00. The van der Waals surface area contributed by atoms with Crippen LogP contribution in [0.4, 0.5) is 5.69 Å². The third-order valence-corrected chi connectivity index (χ3v) is 6.49. The SMILES string of the molecule is CN(C)CCn1c2c(c(SCC(=O)N3CCc4ccccc43)nc1=O)CCC2. The van der Waals surface area contributed by atoms with Gasteiger partial charge in [-0.25, -0.2) is 4.79 Å². The van der Waals surface area contributed by atoms with Crippen molar-refractivity contribution < 1.29 is 4.79 Å². The summed E-state index contributed by atoms with van der Waals surface area (Å²) in [5.74, 6) is 0.398. The number of hydrogen-bond donors (Lipinski definition) is 0. The quantitative estimate of drug-likeness (QED) is 0.550. The molecule has 7 heteroatoms. The number of benzene rings is 1. The minimum Gasteiger partial charge on any atom is -0.311 e. The number of carbonyl (C=O) groups is 1. The number of aromatic nitrogens is 2. The van der Waals surface area contributed by atoms with Crippen LogP contribution < -0.4 is 10.6 Å². The molecule has 28 heavy (non-hydrogen) atoms. The van der Waals surface area contributed by atoms with E-state index in [9.17, 15) is 9.59 Å². The Labute approximate surface area is 169 Å². The van der Waals surface area contributed by atoms with Gasteiger partial charge in [-0.05, 0) is 51.4 Å². The molecule has 2 aliphatic rings. The van der Waals surface area contributed by atoms with Crippen molar-refractivity contribution in [1.29, 1.82) is 0 Å². The summed E-state index contributed by atoms with van der Waals surface area (Å²) in [5.41, 5.74) is 4.33. The molecule has 1 aliphatic carbocycles. The molecule has 0 unspecified atom stereocenters. The second-order valence-electron chi connectivity index (χ2n) is 7.65. The number of amides is 1. The second-order valence-corrected chi connectivity index (χ2v) is 8.61.